The van der Waals surface area contributed by atoms with Crippen molar-refractivity contribution in [3.05, 3.63) is 35.6 Å². The molecule has 0 heterocycles. The molecule has 0 nitrogen and oxygen atoms in total. The summed E-state index contributed by atoms with van der Waals surface area (Å²) >= 11 is -0.0504. The third kappa shape index (κ3) is 2.18. The molecule has 0 aliphatic heterocycles. The van der Waals surface area contributed by atoms with Crippen molar-refractivity contribution in [2.75, 3.05) is 0 Å². The van der Waals surface area contributed by atoms with E-state index in [-0.39, 0.29) is 26.7 Å². The van der Waals surface area contributed by atoms with Crippen LogP contribution in [-0.2, 0) is 0 Å². The third-order valence-electron chi connectivity index (χ3n) is 1.70. The zero-order chi connectivity index (χ0) is 8.27. The molecule has 0 aromatic heterocycles. The summed E-state index contributed by atoms with van der Waals surface area (Å²) in [6, 6.07) is 7.06. The first-order valence-corrected chi connectivity index (χ1v) is 7.20. The van der Waals surface area contributed by atoms with Crippen LogP contribution in [0.15, 0.2) is 24.3 Å². The molecule has 11 heavy (non-hydrogen) atoms. The minimum absolute atomic E-state index is 0.0491. The molecule has 0 saturated heterocycles. The molecule has 0 spiro atoms. The van der Waals surface area contributed by atoms with E-state index in [4.69, 9.17) is 0 Å². The molecule has 1 unspecified atom stereocenters. The van der Waals surface area contributed by atoms with Crippen molar-refractivity contribution in [2.45, 2.75) is 15.9 Å². The average molecular weight is 266 g/mol. The number of benzene rings is 1. The summed E-state index contributed by atoms with van der Waals surface area (Å²) in [6.45, 7) is 2.10. The van der Waals surface area contributed by atoms with Crippen LogP contribution in [0.3, 0.4) is 0 Å². The first-order chi connectivity index (χ1) is 5.25. The Morgan fingerprint density at radius 1 is 1.36 bits per heavy atom. The maximum atomic E-state index is 13.0. The van der Waals surface area contributed by atoms with Crippen LogP contribution in [-0.4, -0.2) is 20.9 Å². The fourth-order valence-electron chi connectivity index (χ4n) is 0.932. The predicted molar refractivity (Wildman–Crippen MR) is 46.4 cm³/mol. The molecule has 2 heteroatoms. The zero-order valence-electron chi connectivity index (χ0n) is 6.67. The molecule has 0 radical (unpaired) electrons. The molecule has 0 bridgehead atoms. The van der Waals surface area contributed by atoms with Gasteiger partial charge in [-0.3, -0.25) is 0 Å². The van der Waals surface area contributed by atoms with Crippen molar-refractivity contribution in [3.8, 4) is 0 Å². The molecule has 1 rings (SSSR count). The van der Waals surface area contributed by atoms with Gasteiger partial charge in [0.1, 0.15) is 0 Å². The van der Waals surface area contributed by atoms with Gasteiger partial charge in [-0.05, 0) is 0 Å². The predicted octanol–water partition coefficient (Wildman–Crippen LogP) is 2.64. The summed E-state index contributed by atoms with van der Waals surface area (Å²) in [5.41, 5.74) is 0.886. The van der Waals surface area contributed by atoms with E-state index in [9.17, 15) is 4.39 Å². The van der Waals surface area contributed by atoms with E-state index < -0.39 is 0 Å². The Kier molecular flexibility index (Phi) is 3.36. The van der Waals surface area contributed by atoms with Crippen molar-refractivity contribution in [2.24, 2.45) is 0 Å². The molecule has 0 saturated carbocycles. The molecule has 0 N–H and O–H groups in total. The Morgan fingerprint density at radius 2 is 2.00 bits per heavy atom. The Labute approximate surface area is 76.9 Å². The SMILES string of the molecule is C[Te]C(C)c1ccccc1F. The molecule has 0 fully saturated rings. The van der Waals surface area contributed by atoms with E-state index in [0.717, 1.165) is 5.56 Å². The molecule has 0 aliphatic rings. The topological polar surface area (TPSA) is 0 Å². The second-order valence-electron chi connectivity index (χ2n) is 2.40. The zero-order valence-corrected chi connectivity index (χ0v) is 9.00. The van der Waals surface area contributed by atoms with E-state index in [1.807, 2.05) is 12.1 Å². The summed E-state index contributed by atoms with van der Waals surface area (Å²) in [4.78, 5) is 2.20. The molecular weight excluding hydrogens is 255 g/mol. The van der Waals surface area contributed by atoms with E-state index in [0.29, 0.717) is 3.97 Å². The van der Waals surface area contributed by atoms with Crippen molar-refractivity contribution in [1.82, 2.24) is 0 Å². The van der Waals surface area contributed by atoms with Gasteiger partial charge in [0.15, 0.2) is 0 Å². The molecule has 1 aromatic carbocycles. The Bertz CT molecular complexity index is 235. The van der Waals surface area contributed by atoms with Gasteiger partial charge in [-0.15, -0.1) is 0 Å². The van der Waals surface area contributed by atoms with Crippen molar-refractivity contribution < 1.29 is 4.39 Å². The first-order valence-electron chi connectivity index (χ1n) is 3.53. The fraction of sp³-hybridized carbons (Fsp3) is 0.333. The van der Waals surface area contributed by atoms with Gasteiger partial charge in [0.2, 0.25) is 0 Å². The van der Waals surface area contributed by atoms with E-state index >= 15 is 0 Å². The number of hydrogen-bond acceptors (Lipinski definition) is 0. The van der Waals surface area contributed by atoms with Gasteiger partial charge in [-0.2, -0.15) is 0 Å². The number of rotatable bonds is 2. The molecule has 0 aliphatic carbocycles. The van der Waals surface area contributed by atoms with Crippen molar-refractivity contribution in [1.29, 1.82) is 0 Å². The summed E-state index contributed by atoms with van der Waals surface area (Å²) in [7, 11) is 0. The van der Waals surface area contributed by atoms with E-state index in [2.05, 4.69) is 11.9 Å². The normalized spacial score (nSPS) is 13.0. The third-order valence-corrected chi connectivity index (χ3v) is 4.44. The molecule has 1 aromatic rings. The molecule has 60 valence electrons. The van der Waals surface area contributed by atoms with Crippen LogP contribution in [0.2, 0.25) is 4.97 Å². The number of hydrogen-bond donors (Lipinski definition) is 0. The molecule has 0 amide bonds. The van der Waals surface area contributed by atoms with Gasteiger partial charge in [-0.1, -0.05) is 0 Å². The minimum atomic E-state index is -0.0504. The second-order valence-corrected chi connectivity index (χ2v) is 5.76. The monoisotopic (exact) mass is 268 g/mol. The summed E-state index contributed by atoms with van der Waals surface area (Å²) in [6.07, 6.45) is 0. The quantitative estimate of drug-likeness (QED) is 0.722. The Hall–Kier alpha value is -0.0604. The Morgan fingerprint density at radius 3 is 2.55 bits per heavy atom. The van der Waals surface area contributed by atoms with Gasteiger partial charge < -0.3 is 0 Å². The summed E-state index contributed by atoms with van der Waals surface area (Å²) in [5, 5.41) is 0. The van der Waals surface area contributed by atoms with E-state index in [1.165, 1.54) is 6.07 Å². The van der Waals surface area contributed by atoms with Crippen LogP contribution >= 0.6 is 0 Å². The van der Waals surface area contributed by atoms with Crippen LogP contribution in [0, 0.1) is 5.82 Å². The van der Waals surface area contributed by atoms with Crippen molar-refractivity contribution >= 4 is 20.9 Å². The van der Waals surface area contributed by atoms with Gasteiger partial charge in [0.05, 0.1) is 0 Å². The van der Waals surface area contributed by atoms with Crippen LogP contribution in [0.25, 0.3) is 0 Å². The Balaban J connectivity index is 2.93. The van der Waals surface area contributed by atoms with Crippen molar-refractivity contribution in [3.63, 3.8) is 0 Å². The summed E-state index contributed by atoms with van der Waals surface area (Å²) in [5.74, 6) is -0.0491. The molecule has 1 atom stereocenters. The van der Waals surface area contributed by atoms with Gasteiger partial charge >= 0.3 is 76.8 Å². The molecular formula is C9H11FTe. The van der Waals surface area contributed by atoms with Gasteiger partial charge in [-0.25, -0.2) is 0 Å². The average Bonchev–Trinajstić information content (AvgIpc) is 2.04. The first kappa shape index (κ1) is 9.03. The van der Waals surface area contributed by atoms with Crippen LogP contribution < -0.4 is 0 Å². The second kappa shape index (κ2) is 4.09. The van der Waals surface area contributed by atoms with Gasteiger partial charge in [0.25, 0.3) is 0 Å². The van der Waals surface area contributed by atoms with E-state index in [1.54, 1.807) is 6.07 Å². The van der Waals surface area contributed by atoms with Crippen LogP contribution in [0.1, 0.15) is 16.5 Å². The fourth-order valence-corrected chi connectivity index (χ4v) is 2.20. The van der Waals surface area contributed by atoms with Crippen LogP contribution in [0.4, 0.5) is 4.39 Å². The van der Waals surface area contributed by atoms with Gasteiger partial charge in [0, 0.05) is 0 Å². The number of halogens is 1. The standard InChI is InChI=1S/C9H11FTe/c1-7(11-2)8-5-3-4-6-9(8)10/h3-7H,1-2H3. The maximum absolute atomic E-state index is 13.0. The summed E-state index contributed by atoms with van der Waals surface area (Å²) < 4.78 is 13.5. The van der Waals surface area contributed by atoms with Crippen LogP contribution in [0.5, 0.6) is 0 Å².